The summed E-state index contributed by atoms with van der Waals surface area (Å²) in [5.74, 6) is 0.00671. The molecule has 0 heterocycles. The molecule has 24 heavy (non-hydrogen) atoms. The van der Waals surface area contributed by atoms with Crippen molar-refractivity contribution in [3.63, 3.8) is 0 Å². The number of nitriles is 1. The summed E-state index contributed by atoms with van der Waals surface area (Å²) in [7, 11) is 0. The summed E-state index contributed by atoms with van der Waals surface area (Å²) in [4.78, 5) is 14.7. The Morgan fingerprint density at radius 1 is 1.33 bits per heavy atom. The topological polar surface area (TPSA) is 56.1 Å². The van der Waals surface area contributed by atoms with Crippen molar-refractivity contribution in [2.45, 2.75) is 65.1 Å². The predicted octanol–water partition coefficient (Wildman–Crippen LogP) is 3.27. The first kappa shape index (κ1) is 18.5. The van der Waals surface area contributed by atoms with Gasteiger partial charge in [-0.2, -0.15) is 5.26 Å². The molecule has 1 aliphatic rings. The molecular weight excluding hydrogens is 298 g/mol. The maximum atomic E-state index is 12.5. The average molecular weight is 327 g/mol. The summed E-state index contributed by atoms with van der Waals surface area (Å²) in [6.07, 6.45) is 3.34. The van der Waals surface area contributed by atoms with Crippen LogP contribution in [0, 0.1) is 17.2 Å². The van der Waals surface area contributed by atoms with Crippen LogP contribution in [0.1, 0.15) is 51.7 Å². The molecule has 0 spiro atoms. The van der Waals surface area contributed by atoms with Gasteiger partial charge in [-0.3, -0.25) is 9.69 Å². The third kappa shape index (κ3) is 4.82. The summed E-state index contributed by atoms with van der Waals surface area (Å²) in [5, 5.41) is 12.3. The van der Waals surface area contributed by atoms with Crippen LogP contribution in [0.3, 0.4) is 0 Å². The first-order valence-electron chi connectivity index (χ1n) is 8.92. The summed E-state index contributed by atoms with van der Waals surface area (Å²) >= 11 is 0. The van der Waals surface area contributed by atoms with E-state index in [1.54, 1.807) is 6.92 Å². The van der Waals surface area contributed by atoms with Crippen molar-refractivity contribution >= 4 is 5.91 Å². The molecule has 1 aromatic rings. The molecule has 4 nitrogen and oxygen atoms in total. The zero-order valence-corrected chi connectivity index (χ0v) is 15.3. The summed E-state index contributed by atoms with van der Waals surface area (Å²) < 4.78 is 0. The van der Waals surface area contributed by atoms with E-state index in [-0.39, 0.29) is 11.8 Å². The van der Waals surface area contributed by atoms with Gasteiger partial charge in [-0.15, -0.1) is 0 Å². The number of benzene rings is 1. The molecule has 1 fully saturated rings. The Kier molecular flexibility index (Phi) is 6.01. The van der Waals surface area contributed by atoms with Crippen molar-refractivity contribution < 1.29 is 4.79 Å². The third-order valence-corrected chi connectivity index (χ3v) is 5.01. The Balaban J connectivity index is 1.98. The Hall–Kier alpha value is -1.86. The quantitative estimate of drug-likeness (QED) is 0.797. The van der Waals surface area contributed by atoms with Gasteiger partial charge in [0.15, 0.2) is 0 Å². The SMILES string of the molecule is CCc1ccc(CN(CC(=O)N[C@](C)(C#N)C(C)C)C2CC2)cc1. The van der Waals surface area contributed by atoms with Crippen molar-refractivity contribution in [2.24, 2.45) is 5.92 Å². The lowest BCUT2D eigenvalue weighted by atomic mass is 9.90. The van der Waals surface area contributed by atoms with Crippen molar-refractivity contribution in [1.82, 2.24) is 10.2 Å². The molecule has 130 valence electrons. The monoisotopic (exact) mass is 327 g/mol. The smallest absolute Gasteiger partial charge is 0.235 e. The molecule has 0 aliphatic heterocycles. The second-order valence-corrected chi connectivity index (χ2v) is 7.32. The van der Waals surface area contributed by atoms with Crippen LogP contribution in [0.4, 0.5) is 0 Å². The van der Waals surface area contributed by atoms with Crippen LogP contribution in [0.25, 0.3) is 0 Å². The Bertz CT molecular complexity index is 598. The maximum Gasteiger partial charge on any atom is 0.235 e. The van der Waals surface area contributed by atoms with Crippen LogP contribution >= 0.6 is 0 Å². The molecule has 4 heteroatoms. The van der Waals surface area contributed by atoms with Gasteiger partial charge in [-0.1, -0.05) is 45.0 Å². The van der Waals surface area contributed by atoms with Crippen LogP contribution in [0.15, 0.2) is 24.3 Å². The fraction of sp³-hybridized carbons (Fsp3) is 0.600. The maximum absolute atomic E-state index is 12.5. The molecular formula is C20H29N3O. The standard InChI is InChI=1S/C20H29N3O/c1-5-16-6-8-17(9-7-16)12-23(18-10-11-18)13-19(24)22-20(4,14-21)15(2)3/h6-9,15,18H,5,10-13H2,1-4H3,(H,22,24)/t20-/m1/s1. The van der Waals surface area contributed by atoms with Crippen LogP contribution in [-0.2, 0) is 17.8 Å². The number of hydrogen-bond donors (Lipinski definition) is 1. The molecule has 0 unspecified atom stereocenters. The lowest BCUT2D eigenvalue weighted by Crippen LogP contribution is -2.52. The fourth-order valence-electron chi connectivity index (χ4n) is 2.68. The van der Waals surface area contributed by atoms with E-state index in [0.29, 0.717) is 12.6 Å². The fourth-order valence-corrected chi connectivity index (χ4v) is 2.68. The van der Waals surface area contributed by atoms with Gasteiger partial charge in [-0.25, -0.2) is 0 Å². The lowest BCUT2D eigenvalue weighted by molar-refractivity contribution is -0.124. The van der Waals surface area contributed by atoms with Crippen molar-refractivity contribution in [2.75, 3.05) is 6.54 Å². The normalized spacial score (nSPS) is 16.7. The number of nitrogens with one attached hydrogen (secondary N) is 1. The molecule has 0 radical (unpaired) electrons. The van der Waals surface area contributed by atoms with E-state index in [9.17, 15) is 10.1 Å². The van der Waals surface area contributed by atoms with Crippen molar-refractivity contribution in [1.29, 1.82) is 5.26 Å². The Labute approximate surface area is 145 Å². The minimum atomic E-state index is -0.810. The summed E-state index contributed by atoms with van der Waals surface area (Å²) in [5.41, 5.74) is 1.75. The third-order valence-electron chi connectivity index (χ3n) is 5.01. The van der Waals surface area contributed by atoms with Gasteiger partial charge < -0.3 is 5.32 Å². The first-order valence-corrected chi connectivity index (χ1v) is 8.92. The van der Waals surface area contributed by atoms with E-state index in [0.717, 1.165) is 25.8 Å². The number of nitrogens with zero attached hydrogens (tertiary/aromatic N) is 2. The highest BCUT2D eigenvalue weighted by molar-refractivity contribution is 5.79. The van der Waals surface area contributed by atoms with Crippen molar-refractivity contribution in [3.05, 3.63) is 35.4 Å². The molecule has 1 aromatic carbocycles. The first-order chi connectivity index (χ1) is 11.4. The number of carbonyl (C=O) groups is 1. The summed E-state index contributed by atoms with van der Waals surface area (Å²) in [6, 6.07) is 11.4. The molecule has 1 saturated carbocycles. The van der Waals surface area contributed by atoms with Gasteiger partial charge >= 0.3 is 0 Å². The zero-order chi connectivity index (χ0) is 17.7. The molecule has 2 rings (SSSR count). The molecule has 1 amide bonds. The van der Waals surface area contributed by atoms with E-state index < -0.39 is 5.54 Å². The van der Waals surface area contributed by atoms with Crippen LogP contribution in [-0.4, -0.2) is 28.9 Å². The van der Waals surface area contributed by atoms with Crippen LogP contribution in [0.2, 0.25) is 0 Å². The second-order valence-electron chi connectivity index (χ2n) is 7.32. The summed E-state index contributed by atoms with van der Waals surface area (Å²) in [6.45, 7) is 8.99. The minimum Gasteiger partial charge on any atom is -0.337 e. The number of hydrogen-bond acceptors (Lipinski definition) is 3. The molecule has 1 atom stereocenters. The van der Waals surface area contributed by atoms with Gasteiger partial charge in [0.1, 0.15) is 5.54 Å². The Morgan fingerprint density at radius 2 is 1.92 bits per heavy atom. The molecule has 0 aromatic heterocycles. The number of aryl methyl sites for hydroxylation is 1. The van der Waals surface area contributed by atoms with Gasteiger partial charge in [0.25, 0.3) is 0 Å². The molecule has 1 N–H and O–H groups in total. The van der Waals surface area contributed by atoms with E-state index in [4.69, 9.17) is 0 Å². The highest BCUT2D eigenvalue weighted by Crippen LogP contribution is 2.28. The number of amides is 1. The van der Waals surface area contributed by atoms with Gasteiger partial charge in [0, 0.05) is 12.6 Å². The van der Waals surface area contributed by atoms with E-state index in [1.165, 1.54) is 11.1 Å². The van der Waals surface area contributed by atoms with Gasteiger partial charge in [0.05, 0.1) is 12.6 Å². The van der Waals surface area contributed by atoms with Crippen LogP contribution in [0.5, 0.6) is 0 Å². The Morgan fingerprint density at radius 3 is 2.38 bits per heavy atom. The second kappa shape index (κ2) is 7.81. The zero-order valence-electron chi connectivity index (χ0n) is 15.3. The number of carbonyl (C=O) groups excluding carboxylic acids is 1. The molecule has 1 aliphatic carbocycles. The van der Waals surface area contributed by atoms with Crippen molar-refractivity contribution in [3.8, 4) is 6.07 Å². The molecule has 0 bridgehead atoms. The number of rotatable bonds is 8. The van der Waals surface area contributed by atoms with E-state index >= 15 is 0 Å². The van der Waals surface area contributed by atoms with Crippen LogP contribution < -0.4 is 5.32 Å². The minimum absolute atomic E-state index is 0.0650. The van der Waals surface area contributed by atoms with E-state index in [1.807, 2.05) is 13.8 Å². The molecule has 0 saturated heterocycles. The largest absolute Gasteiger partial charge is 0.337 e. The highest BCUT2D eigenvalue weighted by atomic mass is 16.2. The lowest BCUT2D eigenvalue weighted by Gasteiger charge is -2.29. The van der Waals surface area contributed by atoms with E-state index in [2.05, 4.69) is 47.5 Å². The highest BCUT2D eigenvalue weighted by Gasteiger charge is 2.34. The van der Waals surface area contributed by atoms with Gasteiger partial charge in [0.2, 0.25) is 5.91 Å². The average Bonchev–Trinajstić information content (AvgIpc) is 3.39. The van der Waals surface area contributed by atoms with Gasteiger partial charge in [-0.05, 0) is 43.2 Å². The predicted molar refractivity (Wildman–Crippen MR) is 96.3 cm³/mol.